The molecular weight excluding hydrogens is 408 g/mol. The van der Waals surface area contributed by atoms with Crippen molar-refractivity contribution in [1.29, 1.82) is 0 Å². The highest BCUT2D eigenvalue weighted by atomic mass is 14.4. The molecule has 0 spiro atoms. The summed E-state index contributed by atoms with van der Waals surface area (Å²) in [5, 5.41) is 0. The van der Waals surface area contributed by atoms with Gasteiger partial charge in [0.15, 0.2) is 0 Å². The van der Waals surface area contributed by atoms with E-state index in [-0.39, 0.29) is 0 Å². The molecule has 0 heteroatoms. The lowest BCUT2D eigenvalue weighted by Gasteiger charge is -2.43. The van der Waals surface area contributed by atoms with Crippen LogP contribution in [0.4, 0.5) is 0 Å². The molecule has 0 radical (unpaired) electrons. The molecule has 0 amide bonds. The van der Waals surface area contributed by atoms with E-state index in [2.05, 4.69) is 13.8 Å². The van der Waals surface area contributed by atoms with Crippen LogP contribution in [0.1, 0.15) is 155 Å². The van der Waals surface area contributed by atoms with Gasteiger partial charge in [0.25, 0.3) is 0 Å². The molecule has 0 saturated heterocycles. The second-order valence-corrected chi connectivity index (χ2v) is 14.1. The first-order chi connectivity index (χ1) is 16.7. The van der Waals surface area contributed by atoms with Gasteiger partial charge in [0.05, 0.1) is 0 Å². The number of rotatable bonds is 5. The zero-order chi connectivity index (χ0) is 23.3. The van der Waals surface area contributed by atoms with Gasteiger partial charge in [-0.3, -0.25) is 0 Å². The zero-order valence-corrected chi connectivity index (χ0v) is 23.2. The SMILES string of the molecule is C/C(=C(\C1CCCCC1)C1CCC(C2CCC(C3CCC(C)CC3)CC2)CC1)C1CCCCC1. The Morgan fingerprint density at radius 2 is 0.735 bits per heavy atom. The summed E-state index contributed by atoms with van der Waals surface area (Å²) in [5.41, 5.74) is 3.96. The maximum absolute atomic E-state index is 2.61. The van der Waals surface area contributed by atoms with Gasteiger partial charge in [-0.25, -0.2) is 0 Å². The molecule has 5 aliphatic carbocycles. The molecule has 5 aliphatic rings. The summed E-state index contributed by atoms with van der Waals surface area (Å²) in [6, 6.07) is 0. The van der Waals surface area contributed by atoms with E-state index in [9.17, 15) is 0 Å². The third kappa shape index (κ3) is 6.17. The molecule has 5 fully saturated rings. The minimum Gasteiger partial charge on any atom is -0.0705 e. The van der Waals surface area contributed by atoms with Crippen LogP contribution in [0.5, 0.6) is 0 Å². The highest BCUT2D eigenvalue weighted by molar-refractivity contribution is 5.22. The summed E-state index contributed by atoms with van der Waals surface area (Å²) < 4.78 is 0. The Morgan fingerprint density at radius 3 is 1.21 bits per heavy atom. The molecule has 0 nitrogen and oxygen atoms in total. The molecule has 5 saturated carbocycles. The van der Waals surface area contributed by atoms with Crippen molar-refractivity contribution < 1.29 is 0 Å². The van der Waals surface area contributed by atoms with Crippen LogP contribution in [0.3, 0.4) is 0 Å². The Balaban J connectivity index is 1.16. The van der Waals surface area contributed by atoms with Gasteiger partial charge in [0.1, 0.15) is 0 Å². The van der Waals surface area contributed by atoms with Crippen LogP contribution in [-0.2, 0) is 0 Å². The largest absolute Gasteiger partial charge is 0.0705 e. The van der Waals surface area contributed by atoms with Crippen LogP contribution in [0.15, 0.2) is 11.1 Å². The molecule has 0 aromatic heterocycles. The smallest absolute Gasteiger partial charge is 0.0198 e. The Morgan fingerprint density at radius 1 is 0.382 bits per heavy atom. The highest BCUT2D eigenvalue weighted by Gasteiger charge is 2.36. The van der Waals surface area contributed by atoms with Crippen molar-refractivity contribution in [3.63, 3.8) is 0 Å². The molecular formula is C34H58. The molecule has 0 unspecified atom stereocenters. The molecule has 194 valence electrons. The molecule has 34 heavy (non-hydrogen) atoms. The van der Waals surface area contributed by atoms with Crippen molar-refractivity contribution in [3.8, 4) is 0 Å². The van der Waals surface area contributed by atoms with E-state index >= 15 is 0 Å². The van der Waals surface area contributed by atoms with Crippen LogP contribution in [0, 0.1) is 47.3 Å². The molecule has 0 aromatic rings. The lowest BCUT2D eigenvalue weighted by atomic mass is 9.63. The Hall–Kier alpha value is -0.260. The van der Waals surface area contributed by atoms with Crippen LogP contribution in [-0.4, -0.2) is 0 Å². The summed E-state index contributed by atoms with van der Waals surface area (Å²) in [5.74, 6) is 8.23. The number of hydrogen-bond donors (Lipinski definition) is 0. The first kappa shape index (κ1) is 25.4. The van der Waals surface area contributed by atoms with Crippen LogP contribution < -0.4 is 0 Å². The van der Waals surface area contributed by atoms with E-state index in [0.717, 1.165) is 47.3 Å². The second-order valence-electron chi connectivity index (χ2n) is 14.1. The lowest BCUT2D eigenvalue weighted by molar-refractivity contribution is 0.108. The Bertz CT molecular complexity index is 621. The fraction of sp³-hybridized carbons (Fsp3) is 0.941. The number of hydrogen-bond acceptors (Lipinski definition) is 0. The minimum absolute atomic E-state index is 0.946. The van der Waals surface area contributed by atoms with Crippen LogP contribution in [0.25, 0.3) is 0 Å². The third-order valence-electron chi connectivity index (χ3n) is 12.1. The van der Waals surface area contributed by atoms with Crippen molar-refractivity contribution in [1.82, 2.24) is 0 Å². The summed E-state index contributed by atoms with van der Waals surface area (Å²) in [7, 11) is 0. The summed E-state index contributed by atoms with van der Waals surface area (Å²) in [4.78, 5) is 0. The van der Waals surface area contributed by atoms with Gasteiger partial charge in [0.2, 0.25) is 0 Å². The van der Waals surface area contributed by atoms with Crippen LogP contribution >= 0.6 is 0 Å². The molecule has 0 N–H and O–H groups in total. The van der Waals surface area contributed by atoms with Gasteiger partial charge in [-0.15, -0.1) is 0 Å². The second kappa shape index (κ2) is 12.3. The first-order valence-corrected chi connectivity index (χ1v) is 16.4. The van der Waals surface area contributed by atoms with Crippen molar-refractivity contribution in [2.45, 2.75) is 155 Å². The lowest BCUT2D eigenvalue weighted by Crippen LogP contribution is -2.31. The standard InChI is InChI=1S/C34H58/c1-25-13-15-28(16-14-25)29-17-19-30(20-18-29)31-21-23-33(24-22-31)34(32-11-7-4-8-12-32)26(2)27-9-5-3-6-10-27/h25,27-33H,3-24H2,1-2H3/b34-26-. The average molecular weight is 467 g/mol. The maximum atomic E-state index is 2.61. The van der Waals surface area contributed by atoms with Gasteiger partial charge in [-0.2, -0.15) is 0 Å². The molecule has 0 aromatic carbocycles. The predicted octanol–water partition coefficient (Wildman–Crippen LogP) is 10.9. The zero-order valence-electron chi connectivity index (χ0n) is 23.2. The molecule has 0 aliphatic heterocycles. The Kier molecular flexibility index (Phi) is 9.20. The average Bonchev–Trinajstić information content (AvgIpc) is 2.91. The summed E-state index contributed by atoms with van der Waals surface area (Å²) in [6.45, 7) is 5.09. The minimum atomic E-state index is 0.946. The van der Waals surface area contributed by atoms with E-state index in [0.29, 0.717) is 0 Å². The van der Waals surface area contributed by atoms with Gasteiger partial charge >= 0.3 is 0 Å². The fourth-order valence-corrected chi connectivity index (χ4v) is 9.91. The van der Waals surface area contributed by atoms with Crippen molar-refractivity contribution in [3.05, 3.63) is 11.1 Å². The molecule has 0 bridgehead atoms. The topological polar surface area (TPSA) is 0 Å². The van der Waals surface area contributed by atoms with Crippen molar-refractivity contribution in [2.75, 3.05) is 0 Å². The normalized spacial score (nSPS) is 40.1. The molecule has 5 rings (SSSR count). The quantitative estimate of drug-likeness (QED) is 0.353. The first-order valence-electron chi connectivity index (χ1n) is 16.4. The van der Waals surface area contributed by atoms with Gasteiger partial charge in [0, 0.05) is 0 Å². The van der Waals surface area contributed by atoms with E-state index < -0.39 is 0 Å². The number of allylic oxidation sites excluding steroid dienone is 2. The van der Waals surface area contributed by atoms with Crippen LogP contribution in [0.2, 0.25) is 0 Å². The van der Waals surface area contributed by atoms with E-state index in [1.54, 1.807) is 64.2 Å². The fourth-order valence-electron chi connectivity index (χ4n) is 9.91. The van der Waals surface area contributed by atoms with E-state index in [1.807, 2.05) is 11.1 Å². The predicted molar refractivity (Wildman–Crippen MR) is 148 cm³/mol. The van der Waals surface area contributed by atoms with Gasteiger partial charge < -0.3 is 0 Å². The molecule has 0 heterocycles. The van der Waals surface area contributed by atoms with Gasteiger partial charge in [-0.1, -0.05) is 69.4 Å². The maximum Gasteiger partial charge on any atom is -0.0198 e. The monoisotopic (exact) mass is 466 g/mol. The van der Waals surface area contributed by atoms with E-state index in [1.165, 1.54) is 77.0 Å². The molecule has 0 atom stereocenters. The summed E-state index contributed by atoms with van der Waals surface area (Å²) >= 11 is 0. The van der Waals surface area contributed by atoms with Gasteiger partial charge in [-0.05, 0) is 144 Å². The van der Waals surface area contributed by atoms with Crippen molar-refractivity contribution >= 4 is 0 Å². The van der Waals surface area contributed by atoms with Crippen molar-refractivity contribution in [2.24, 2.45) is 47.3 Å². The third-order valence-corrected chi connectivity index (χ3v) is 12.1. The Labute approximate surface area is 213 Å². The van der Waals surface area contributed by atoms with E-state index in [4.69, 9.17) is 0 Å². The summed E-state index contributed by atoms with van der Waals surface area (Å²) in [6.07, 6.45) is 33.7. The highest BCUT2D eigenvalue weighted by Crippen LogP contribution is 2.49.